The molecule has 0 atom stereocenters. The Labute approximate surface area is 164 Å². The van der Waals surface area contributed by atoms with Gasteiger partial charge in [0.2, 0.25) is 0 Å². The van der Waals surface area contributed by atoms with Gasteiger partial charge in [-0.2, -0.15) is 0 Å². The maximum Gasteiger partial charge on any atom is 0.255 e. The average molecular weight is 378 g/mol. The normalized spacial score (nSPS) is 10.8. The van der Waals surface area contributed by atoms with Crippen LogP contribution in [0, 0.1) is 6.92 Å². The van der Waals surface area contributed by atoms with E-state index in [2.05, 4.69) is 42.1 Å². The molecular weight excluding hydrogens is 354 g/mol. The van der Waals surface area contributed by atoms with Gasteiger partial charge in [0.1, 0.15) is 0 Å². The van der Waals surface area contributed by atoms with E-state index in [0.29, 0.717) is 11.5 Å². The van der Waals surface area contributed by atoms with Crippen LogP contribution in [0.15, 0.2) is 66.0 Å². The second kappa shape index (κ2) is 8.82. The Hall–Kier alpha value is -2.66. The van der Waals surface area contributed by atoms with Gasteiger partial charge in [-0.25, -0.2) is 0 Å². The van der Waals surface area contributed by atoms with Crippen LogP contribution >= 0.6 is 11.8 Å². The van der Waals surface area contributed by atoms with Gasteiger partial charge in [0.15, 0.2) is 0 Å². The molecule has 0 aliphatic heterocycles. The Morgan fingerprint density at radius 2 is 2.00 bits per heavy atom. The molecule has 27 heavy (non-hydrogen) atoms. The molecule has 0 saturated carbocycles. The van der Waals surface area contributed by atoms with E-state index in [0.717, 1.165) is 22.0 Å². The molecule has 3 rings (SSSR count). The van der Waals surface area contributed by atoms with Crippen LogP contribution in [0.25, 0.3) is 0 Å². The van der Waals surface area contributed by atoms with E-state index >= 15 is 0 Å². The zero-order valence-corrected chi connectivity index (χ0v) is 16.6. The third kappa shape index (κ3) is 5.17. The smallest absolute Gasteiger partial charge is 0.255 e. The highest BCUT2D eigenvalue weighted by atomic mass is 32.2. The number of anilines is 1. The molecule has 1 N–H and O–H groups in total. The number of carbonyl (C=O) groups is 1. The highest BCUT2D eigenvalue weighted by molar-refractivity contribution is 7.98. The van der Waals surface area contributed by atoms with Crippen molar-refractivity contribution in [2.24, 2.45) is 0 Å². The Morgan fingerprint density at radius 3 is 2.70 bits per heavy atom. The maximum atomic E-state index is 12.6. The lowest BCUT2D eigenvalue weighted by atomic mass is 9.97. The van der Waals surface area contributed by atoms with Crippen LogP contribution in [0.4, 0.5) is 5.69 Å². The number of carbonyl (C=O) groups excluding carboxylic acids is 1. The number of thioether (sulfide) groups is 1. The lowest BCUT2D eigenvalue weighted by Gasteiger charge is -2.12. The minimum absolute atomic E-state index is 0.103. The van der Waals surface area contributed by atoms with Gasteiger partial charge in [0.25, 0.3) is 5.91 Å². The summed E-state index contributed by atoms with van der Waals surface area (Å²) in [7, 11) is 0. The summed E-state index contributed by atoms with van der Waals surface area (Å²) in [6, 6.07) is 13.7. The molecule has 5 heteroatoms. The number of hydrogen-bond acceptors (Lipinski definition) is 4. The van der Waals surface area contributed by atoms with Gasteiger partial charge in [-0.1, -0.05) is 26.0 Å². The number of nitrogens with one attached hydrogen (secondary N) is 1. The van der Waals surface area contributed by atoms with E-state index in [4.69, 9.17) is 0 Å². The number of nitrogens with zero attached hydrogens (tertiary/aromatic N) is 2. The minimum atomic E-state index is -0.103. The zero-order chi connectivity index (χ0) is 19.2. The highest BCUT2D eigenvalue weighted by Gasteiger charge is 2.09. The second-order valence-electron chi connectivity index (χ2n) is 6.69. The van der Waals surface area contributed by atoms with E-state index in [1.54, 1.807) is 30.4 Å². The van der Waals surface area contributed by atoms with E-state index in [1.807, 2.05) is 36.4 Å². The van der Waals surface area contributed by atoms with Crippen LogP contribution in [0.5, 0.6) is 0 Å². The predicted octanol–water partition coefficient (Wildman–Crippen LogP) is 5.45. The number of amides is 1. The van der Waals surface area contributed by atoms with Crippen LogP contribution in [0.2, 0.25) is 0 Å². The van der Waals surface area contributed by atoms with Crippen LogP contribution in [-0.4, -0.2) is 15.9 Å². The minimum Gasteiger partial charge on any atom is -0.322 e. The summed E-state index contributed by atoms with van der Waals surface area (Å²) in [5.74, 6) is 1.08. The lowest BCUT2D eigenvalue weighted by Crippen LogP contribution is -2.12. The summed E-state index contributed by atoms with van der Waals surface area (Å²) in [6.07, 6.45) is 5.10. The molecule has 3 aromatic rings. The summed E-state index contributed by atoms with van der Waals surface area (Å²) in [6.45, 7) is 6.42. The third-order valence-corrected chi connectivity index (χ3v) is 5.28. The standard InChI is InChI=1S/C22H23N3OS/c1-15(2)21-8-7-18(11-16(21)3)25-22(26)17-5-4-6-20(12-17)27-14-19-13-23-9-10-24-19/h4-13,15H,14H2,1-3H3,(H,25,26). The van der Waals surface area contributed by atoms with Crippen molar-refractivity contribution < 1.29 is 4.79 Å². The first-order valence-corrected chi connectivity index (χ1v) is 9.91. The summed E-state index contributed by atoms with van der Waals surface area (Å²) >= 11 is 1.64. The van der Waals surface area contributed by atoms with E-state index in [9.17, 15) is 4.79 Å². The summed E-state index contributed by atoms with van der Waals surface area (Å²) in [5, 5.41) is 3.00. The lowest BCUT2D eigenvalue weighted by molar-refractivity contribution is 0.102. The first-order chi connectivity index (χ1) is 13.0. The molecule has 0 spiro atoms. The van der Waals surface area contributed by atoms with Crippen molar-refractivity contribution in [2.75, 3.05) is 5.32 Å². The Balaban J connectivity index is 1.67. The quantitative estimate of drug-likeness (QED) is 0.580. The summed E-state index contributed by atoms with van der Waals surface area (Å²) < 4.78 is 0. The van der Waals surface area contributed by atoms with E-state index < -0.39 is 0 Å². The van der Waals surface area contributed by atoms with Gasteiger partial charge in [-0.3, -0.25) is 14.8 Å². The van der Waals surface area contributed by atoms with Gasteiger partial charge < -0.3 is 5.32 Å². The van der Waals surface area contributed by atoms with E-state index in [1.165, 1.54) is 11.1 Å². The fraction of sp³-hybridized carbons (Fsp3) is 0.227. The SMILES string of the molecule is Cc1cc(NC(=O)c2cccc(SCc3cnccn3)c2)ccc1C(C)C. The average Bonchev–Trinajstić information content (AvgIpc) is 2.67. The van der Waals surface area contributed by atoms with Gasteiger partial charge in [0, 0.05) is 40.5 Å². The van der Waals surface area contributed by atoms with Crippen LogP contribution in [-0.2, 0) is 5.75 Å². The van der Waals surface area contributed by atoms with Gasteiger partial charge in [0.05, 0.1) is 5.69 Å². The van der Waals surface area contributed by atoms with Crippen molar-refractivity contribution in [3.05, 3.63) is 83.4 Å². The van der Waals surface area contributed by atoms with Crippen molar-refractivity contribution in [1.82, 2.24) is 9.97 Å². The largest absolute Gasteiger partial charge is 0.322 e. The molecule has 0 aliphatic carbocycles. The number of aryl methyl sites for hydroxylation is 1. The first kappa shape index (κ1) is 19.1. The molecule has 138 valence electrons. The van der Waals surface area contributed by atoms with Gasteiger partial charge in [-0.05, 0) is 54.3 Å². The highest BCUT2D eigenvalue weighted by Crippen LogP contribution is 2.24. The maximum absolute atomic E-state index is 12.6. The molecule has 1 amide bonds. The molecule has 0 aliphatic rings. The van der Waals surface area contributed by atoms with Crippen molar-refractivity contribution in [3.8, 4) is 0 Å². The molecule has 0 unspecified atom stereocenters. The molecule has 1 aromatic heterocycles. The zero-order valence-electron chi connectivity index (χ0n) is 15.8. The second-order valence-corrected chi connectivity index (χ2v) is 7.74. The topological polar surface area (TPSA) is 54.9 Å². The monoisotopic (exact) mass is 377 g/mol. The Bertz CT molecular complexity index is 926. The number of aromatic nitrogens is 2. The van der Waals surface area contributed by atoms with Crippen LogP contribution in [0.1, 0.15) is 46.9 Å². The van der Waals surface area contributed by atoms with E-state index in [-0.39, 0.29) is 5.91 Å². The third-order valence-electron chi connectivity index (χ3n) is 4.25. The Kier molecular flexibility index (Phi) is 6.24. The number of hydrogen-bond donors (Lipinski definition) is 1. The summed E-state index contributed by atoms with van der Waals surface area (Å²) in [4.78, 5) is 22.0. The molecular formula is C22H23N3OS. The number of benzene rings is 2. The molecule has 0 radical (unpaired) electrons. The molecule has 1 heterocycles. The van der Waals surface area contributed by atoms with Crippen LogP contribution < -0.4 is 5.32 Å². The molecule has 0 saturated heterocycles. The van der Waals surface area contributed by atoms with Crippen molar-refractivity contribution >= 4 is 23.4 Å². The fourth-order valence-corrected chi connectivity index (χ4v) is 3.74. The molecule has 2 aromatic carbocycles. The van der Waals surface area contributed by atoms with Gasteiger partial charge in [-0.15, -0.1) is 11.8 Å². The fourth-order valence-electron chi connectivity index (χ4n) is 2.89. The van der Waals surface area contributed by atoms with Crippen molar-refractivity contribution in [2.45, 2.75) is 37.3 Å². The van der Waals surface area contributed by atoms with Crippen LogP contribution in [0.3, 0.4) is 0 Å². The van der Waals surface area contributed by atoms with Crippen molar-refractivity contribution in [3.63, 3.8) is 0 Å². The first-order valence-electron chi connectivity index (χ1n) is 8.92. The predicted molar refractivity (Wildman–Crippen MR) is 111 cm³/mol. The summed E-state index contributed by atoms with van der Waals surface area (Å²) in [5.41, 5.74) is 4.87. The van der Waals surface area contributed by atoms with Gasteiger partial charge >= 0.3 is 0 Å². The van der Waals surface area contributed by atoms with Crippen molar-refractivity contribution in [1.29, 1.82) is 0 Å². The Morgan fingerprint density at radius 1 is 1.15 bits per heavy atom. The molecule has 4 nitrogen and oxygen atoms in total. The number of rotatable bonds is 6. The molecule has 0 fully saturated rings. The molecule has 0 bridgehead atoms.